The van der Waals surface area contributed by atoms with E-state index in [1.807, 2.05) is 24.3 Å². The highest BCUT2D eigenvalue weighted by Crippen LogP contribution is 2.28. The Morgan fingerprint density at radius 1 is 1.18 bits per heavy atom. The number of benzene rings is 1. The van der Waals surface area contributed by atoms with Crippen molar-refractivity contribution in [1.29, 1.82) is 0 Å². The van der Waals surface area contributed by atoms with Crippen molar-refractivity contribution in [1.82, 2.24) is 10.6 Å². The highest BCUT2D eigenvalue weighted by atomic mass is 16.5. The van der Waals surface area contributed by atoms with Crippen LogP contribution in [0.3, 0.4) is 0 Å². The molecular weight excluding hydrogens is 358 g/mol. The number of ether oxygens (including phenoxy) is 2. The molecule has 7 nitrogen and oxygen atoms in total. The molecule has 3 rings (SSSR count). The Labute approximate surface area is 165 Å². The van der Waals surface area contributed by atoms with Crippen LogP contribution in [-0.2, 0) is 9.53 Å². The number of carbonyl (C=O) groups is 2. The molecule has 0 spiro atoms. The van der Waals surface area contributed by atoms with Crippen LogP contribution in [0, 0.1) is 0 Å². The molecule has 1 saturated carbocycles. The fraction of sp³-hybridized carbons (Fsp3) is 0.524. The molecule has 0 bridgehead atoms. The second kappa shape index (κ2) is 9.59. The average Bonchev–Trinajstić information content (AvgIpc) is 2.72. The van der Waals surface area contributed by atoms with Gasteiger partial charge in [0.1, 0.15) is 12.3 Å². The normalized spacial score (nSPS) is 20.4. The van der Waals surface area contributed by atoms with E-state index in [4.69, 9.17) is 9.47 Å². The lowest BCUT2D eigenvalue weighted by molar-refractivity contribution is -0.685. The van der Waals surface area contributed by atoms with Gasteiger partial charge in [0.25, 0.3) is 0 Å². The number of quaternary nitrogens is 1. The van der Waals surface area contributed by atoms with Crippen molar-refractivity contribution in [2.75, 3.05) is 20.3 Å². The van der Waals surface area contributed by atoms with Crippen LogP contribution in [-0.4, -0.2) is 38.3 Å². The summed E-state index contributed by atoms with van der Waals surface area (Å²) in [5, 5.41) is 7.94. The van der Waals surface area contributed by atoms with E-state index in [0.717, 1.165) is 11.3 Å². The molecule has 1 aromatic rings. The maximum Gasteiger partial charge on any atom is 0.338 e. The number of methoxy groups -OCH3 is 1. The minimum absolute atomic E-state index is 0.283. The molecular formula is C21H30N3O4+. The number of hydrogen-bond donors (Lipinski definition) is 3. The minimum atomic E-state index is -0.548. The van der Waals surface area contributed by atoms with Gasteiger partial charge in [0.05, 0.1) is 37.1 Å². The van der Waals surface area contributed by atoms with Gasteiger partial charge in [-0.05, 0) is 50.3 Å². The molecule has 0 radical (unpaired) electrons. The van der Waals surface area contributed by atoms with E-state index < -0.39 is 12.0 Å². The van der Waals surface area contributed by atoms with Crippen molar-refractivity contribution in [2.45, 2.75) is 51.1 Å². The highest BCUT2D eigenvalue weighted by Gasteiger charge is 2.34. The lowest BCUT2D eigenvalue weighted by Crippen LogP contribution is -2.91. The van der Waals surface area contributed by atoms with Gasteiger partial charge < -0.3 is 25.4 Å². The van der Waals surface area contributed by atoms with Crippen molar-refractivity contribution < 1.29 is 24.4 Å². The molecule has 1 aliphatic heterocycles. The van der Waals surface area contributed by atoms with Crippen molar-refractivity contribution >= 4 is 12.0 Å². The quantitative estimate of drug-likeness (QED) is 0.621. The Morgan fingerprint density at radius 3 is 2.54 bits per heavy atom. The fourth-order valence-electron chi connectivity index (χ4n) is 3.93. The molecule has 2 aliphatic rings. The summed E-state index contributed by atoms with van der Waals surface area (Å²) in [7, 11) is 1.60. The number of hydrogen-bond acceptors (Lipinski definition) is 4. The number of urea groups is 1. The summed E-state index contributed by atoms with van der Waals surface area (Å²) in [5.41, 5.74) is 1.92. The van der Waals surface area contributed by atoms with Gasteiger partial charge in [0.15, 0.2) is 0 Å². The zero-order valence-corrected chi connectivity index (χ0v) is 16.6. The third kappa shape index (κ3) is 4.84. The summed E-state index contributed by atoms with van der Waals surface area (Å²) in [5.74, 6) is 0.319. The van der Waals surface area contributed by atoms with Crippen LogP contribution in [0.5, 0.6) is 5.75 Å². The van der Waals surface area contributed by atoms with Crippen LogP contribution >= 0.6 is 0 Å². The van der Waals surface area contributed by atoms with Crippen molar-refractivity contribution in [3.63, 3.8) is 0 Å². The summed E-state index contributed by atoms with van der Waals surface area (Å²) in [6.07, 6.45) is 6.13. The number of nitrogens with one attached hydrogen (secondary N) is 2. The third-order valence-electron chi connectivity index (χ3n) is 5.40. The third-order valence-corrected chi connectivity index (χ3v) is 5.40. The lowest BCUT2D eigenvalue weighted by atomic mass is 9.93. The summed E-state index contributed by atoms with van der Waals surface area (Å²) < 4.78 is 10.5. The predicted molar refractivity (Wildman–Crippen MR) is 105 cm³/mol. The molecule has 7 heteroatoms. The van der Waals surface area contributed by atoms with Gasteiger partial charge in [-0.25, -0.2) is 9.59 Å². The molecule has 0 saturated heterocycles. The largest absolute Gasteiger partial charge is 0.497 e. The first kappa shape index (κ1) is 20.2. The monoisotopic (exact) mass is 388 g/mol. The Kier molecular flexibility index (Phi) is 6.92. The molecule has 0 unspecified atom stereocenters. The van der Waals surface area contributed by atoms with Crippen molar-refractivity contribution in [3.8, 4) is 5.75 Å². The number of carbonyl (C=O) groups excluding carboxylic acids is 2. The SMILES string of the molecule is CCOC(=O)C1=C(C[NH2+]C2CCCCC2)NC(=O)N[C@H]1c1ccc(OC)cc1. The van der Waals surface area contributed by atoms with Crippen LogP contribution in [0.1, 0.15) is 50.6 Å². The second-order valence-corrected chi connectivity index (χ2v) is 7.26. The lowest BCUT2D eigenvalue weighted by Gasteiger charge is -2.29. The first-order valence-corrected chi connectivity index (χ1v) is 10.1. The van der Waals surface area contributed by atoms with Crippen LogP contribution in [0.25, 0.3) is 0 Å². The van der Waals surface area contributed by atoms with Gasteiger partial charge in [0, 0.05) is 0 Å². The van der Waals surface area contributed by atoms with Gasteiger partial charge in [0.2, 0.25) is 0 Å². The second-order valence-electron chi connectivity index (χ2n) is 7.26. The van der Waals surface area contributed by atoms with Crippen molar-refractivity contribution in [3.05, 3.63) is 41.1 Å². The summed E-state index contributed by atoms with van der Waals surface area (Å²) >= 11 is 0. The van der Waals surface area contributed by atoms with Crippen molar-refractivity contribution in [2.24, 2.45) is 0 Å². The number of nitrogens with two attached hydrogens (primary N) is 1. The van der Waals surface area contributed by atoms with Crippen LogP contribution in [0.15, 0.2) is 35.5 Å². The van der Waals surface area contributed by atoms with E-state index in [1.165, 1.54) is 32.1 Å². The van der Waals surface area contributed by atoms with Crippen LogP contribution in [0.2, 0.25) is 0 Å². The van der Waals surface area contributed by atoms with Crippen LogP contribution in [0.4, 0.5) is 4.79 Å². The summed E-state index contributed by atoms with van der Waals surface area (Å²) in [6, 6.07) is 7.04. The molecule has 1 fully saturated rings. The van der Waals surface area contributed by atoms with Gasteiger partial charge in [-0.15, -0.1) is 0 Å². The zero-order chi connectivity index (χ0) is 19.9. The molecule has 4 N–H and O–H groups in total. The van der Waals surface area contributed by atoms with E-state index >= 15 is 0 Å². The van der Waals surface area contributed by atoms with E-state index in [9.17, 15) is 9.59 Å². The van der Waals surface area contributed by atoms with Gasteiger partial charge >= 0.3 is 12.0 Å². The molecule has 152 valence electrons. The number of amides is 2. The Morgan fingerprint density at radius 2 is 1.89 bits per heavy atom. The number of rotatable bonds is 7. The molecule has 1 aliphatic carbocycles. The molecule has 0 aromatic heterocycles. The van der Waals surface area contributed by atoms with E-state index in [0.29, 0.717) is 23.9 Å². The average molecular weight is 388 g/mol. The molecule has 1 heterocycles. The van der Waals surface area contributed by atoms with E-state index in [-0.39, 0.29) is 12.6 Å². The molecule has 28 heavy (non-hydrogen) atoms. The number of esters is 1. The predicted octanol–water partition coefficient (Wildman–Crippen LogP) is 1.76. The van der Waals surface area contributed by atoms with E-state index in [2.05, 4.69) is 16.0 Å². The maximum absolute atomic E-state index is 12.8. The van der Waals surface area contributed by atoms with Gasteiger partial charge in [-0.2, -0.15) is 0 Å². The molecule has 2 amide bonds. The standard InChI is InChI=1S/C21H29N3O4/c1-3-28-20(25)18-17(13-22-15-7-5-4-6-8-15)23-21(26)24-19(18)14-9-11-16(27-2)12-10-14/h9-12,15,19,22H,3-8,13H2,1-2H3,(H2,23,24,26)/p+1/t19-/m0/s1. The summed E-state index contributed by atoms with van der Waals surface area (Å²) in [6.45, 7) is 2.62. The Balaban J connectivity index is 1.88. The Hall–Kier alpha value is -2.54. The zero-order valence-electron chi connectivity index (χ0n) is 16.6. The Bertz CT molecular complexity index is 724. The first-order valence-electron chi connectivity index (χ1n) is 10.1. The smallest absolute Gasteiger partial charge is 0.338 e. The topological polar surface area (TPSA) is 93.3 Å². The molecule has 1 aromatic carbocycles. The van der Waals surface area contributed by atoms with Gasteiger partial charge in [-0.1, -0.05) is 18.6 Å². The van der Waals surface area contributed by atoms with Crippen LogP contribution < -0.4 is 20.7 Å². The van der Waals surface area contributed by atoms with Gasteiger partial charge in [-0.3, -0.25) is 0 Å². The fourth-order valence-corrected chi connectivity index (χ4v) is 3.93. The summed E-state index contributed by atoms with van der Waals surface area (Å²) in [4.78, 5) is 25.1. The molecule has 1 atom stereocenters. The highest BCUT2D eigenvalue weighted by molar-refractivity contribution is 5.95. The van der Waals surface area contributed by atoms with E-state index in [1.54, 1.807) is 14.0 Å². The first-order chi connectivity index (χ1) is 13.6. The maximum atomic E-state index is 12.8. The minimum Gasteiger partial charge on any atom is -0.497 e.